The van der Waals surface area contributed by atoms with Crippen molar-refractivity contribution in [2.75, 3.05) is 5.32 Å². The first kappa shape index (κ1) is 13.6. The molecule has 23 heavy (non-hydrogen) atoms. The van der Waals surface area contributed by atoms with Gasteiger partial charge in [0, 0.05) is 24.2 Å². The van der Waals surface area contributed by atoms with Crippen LogP contribution in [0.3, 0.4) is 0 Å². The van der Waals surface area contributed by atoms with Crippen LogP contribution in [0.5, 0.6) is 0 Å². The second-order valence-electron chi connectivity index (χ2n) is 5.59. The van der Waals surface area contributed by atoms with E-state index in [-0.39, 0.29) is 5.91 Å². The predicted molar refractivity (Wildman–Crippen MR) is 82.3 cm³/mol. The molecule has 0 bridgehead atoms. The molecule has 0 saturated heterocycles. The summed E-state index contributed by atoms with van der Waals surface area (Å²) >= 11 is 0. The Morgan fingerprint density at radius 1 is 1.13 bits per heavy atom. The Kier molecular flexibility index (Phi) is 3.14. The fraction of sp³-hybridized carbons (Fsp3) is 0.267. The minimum Gasteiger partial charge on any atom is -0.300 e. The number of carbonyl (C=O) groups excluding carboxylic acids is 1. The summed E-state index contributed by atoms with van der Waals surface area (Å²) in [6.45, 7) is 0. The van der Waals surface area contributed by atoms with E-state index in [4.69, 9.17) is 0 Å². The van der Waals surface area contributed by atoms with Crippen molar-refractivity contribution in [2.24, 2.45) is 7.05 Å². The topological polar surface area (TPSA) is 90.5 Å². The Bertz CT molecular complexity index is 831. The number of rotatable bonds is 4. The highest BCUT2D eigenvalue weighted by molar-refractivity contribution is 6.03. The van der Waals surface area contributed by atoms with Crippen LogP contribution in [0.2, 0.25) is 0 Å². The molecular weight excluding hydrogens is 294 g/mol. The third kappa shape index (κ3) is 2.59. The Labute approximate surface area is 132 Å². The first-order valence-electron chi connectivity index (χ1n) is 7.38. The number of amides is 1. The molecule has 3 aromatic rings. The second kappa shape index (κ2) is 5.31. The van der Waals surface area contributed by atoms with E-state index >= 15 is 0 Å². The number of nitrogens with zero attached hydrogens (tertiary/aromatic N) is 6. The molecule has 2 heterocycles. The zero-order valence-corrected chi connectivity index (χ0v) is 12.5. The van der Waals surface area contributed by atoms with Gasteiger partial charge in [0.05, 0.1) is 0 Å². The summed E-state index contributed by atoms with van der Waals surface area (Å²) in [6.07, 6.45) is 5.50. The molecule has 0 radical (unpaired) electrons. The molecule has 1 saturated carbocycles. The zero-order chi connectivity index (χ0) is 15.8. The van der Waals surface area contributed by atoms with Crippen molar-refractivity contribution in [2.45, 2.75) is 18.8 Å². The molecule has 8 nitrogen and oxygen atoms in total. The van der Waals surface area contributed by atoms with Crippen LogP contribution in [0.15, 0.2) is 36.9 Å². The molecule has 2 aromatic heterocycles. The summed E-state index contributed by atoms with van der Waals surface area (Å²) in [4.78, 5) is 12.3. The number of anilines is 1. The van der Waals surface area contributed by atoms with Gasteiger partial charge in [-0.3, -0.25) is 19.2 Å². The van der Waals surface area contributed by atoms with Crippen molar-refractivity contribution < 1.29 is 4.79 Å². The number of hydrogen-bond acceptors (Lipinski definition) is 5. The Morgan fingerprint density at radius 3 is 2.48 bits per heavy atom. The van der Waals surface area contributed by atoms with Crippen molar-refractivity contribution >= 4 is 11.9 Å². The molecule has 1 aliphatic rings. The first-order chi connectivity index (χ1) is 11.2. The normalized spacial score (nSPS) is 14.0. The smallest absolute Gasteiger partial charge is 0.258 e. The summed E-state index contributed by atoms with van der Waals surface area (Å²) in [5, 5.41) is 18.5. The van der Waals surface area contributed by atoms with Crippen LogP contribution in [0.25, 0.3) is 5.69 Å². The van der Waals surface area contributed by atoms with Gasteiger partial charge in [-0.15, -0.1) is 20.4 Å². The average molecular weight is 309 g/mol. The lowest BCUT2D eigenvalue weighted by Crippen LogP contribution is -2.15. The van der Waals surface area contributed by atoms with Gasteiger partial charge in [0.2, 0.25) is 5.95 Å². The van der Waals surface area contributed by atoms with Gasteiger partial charge in [0.15, 0.2) is 0 Å². The van der Waals surface area contributed by atoms with Crippen molar-refractivity contribution in [1.29, 1.82) is 0 Å². The summed E-state index contributed by atoms with van der Waals surface area (Å²) < 4.78 is 3.62. The predicted octanol–water partition coefficient (Wildman–Crippen LogP) is 1.53. The van der Waals surface area contributed by atoms with Gasteiger partial charge < -0.3 is 0 Å². The molecule has 116 valence electrons. The molecule has 0 aliphatic heterocycles. The van der Waals surface area contributed by atoms with Crippen molar-refractivity contribution in [3.05, 3.63) is 48.3 Å². The van der Waals surface area contributed by atoms with Crippen LogP contribution in [0.4, 0.5) is 5.95 Å². The average Bonchev–Trinajstić information content (AvgIpc) is 3.13. The quantitative estimate of drug-likeness (QED) is 0.789. The molecule has 1 aliphatic carbocycles. The number of hydrogen-bond donors (Lipinski definition) is 1. The molecule has 1 fully saturated rings. The van der Waals surface area contributed by atoms with Gasteiger partial charge in [-0.2, -0.15) is 0 Å². The number of benzene rings is 1. The van der Waals surface area contributed by atoms with E-state index in [9.17, 15) is 4.79 Å². The van der Waals surface area contributed by atoms with Crippen LogP contribution in [-0.2, 0) is 7.05 Å². The highest BCUT2D eigenvalue weighted by Gasteiger charge is 2.29. The van der Waals surface area contributed by atoms with E-state index < -0.39 is 0 Å². The van der Waals surface area contributed by atoms with E-state index in [2.05, 4.69) is 25.7 Å². The maximum Gasteiger partial charge on any atom is 0.258 e. The fourth-order valence-corrected chi connectivity index (χ4v) is 2.44. The lowest BCUT2D eigenvalue weighted by molar-refractivity contribution is 0.102. The summed E-state index contributed by atoms with van der Waals surface area (Å²) in [5.74, 6) is 1.68. The van der Waals surface area contributed by atoms with Crippen molar-refractivity contribution in [1.82, 2.24) is 29.5 Å². The Balaban J connectivity index is 1.50. The SMILES string of the molecule is Cn1c(NC(=O)c2ccc(-n3cnnc3)cc2)nnc1C1CC1. The maximum absolute atomic E-state index is 12.3. The third-order valence-corrected chi connectivity index (χ3v) is 3.92. The molecule has 4 rings (SSSR count). The van der Waals surface area contributed by atoms with E-state index in [0.717, 1.165) is 24.4 Å². The lowest BCUT2D eigenvalue weighted by atomic mass is 10.2. The lowest BCUT2D eigenvalue weighted by Gasteiger charge is -2.06. The van der Waals surface area contributed by atoms with Crippen LogP contribution in [-0.4, -0.2) is 35.4 Å². The molecule has 0 atom stereocenters. The minimum absolute atomic E-state index is 0.210. The summed E-state index contributed by atoms with van der Waals surface area (Å²) in [7, 11) is 1.87. The van der Waals surface area contributed by atoms with E-state index in [1.165, 1.54) is 0 Å². The van der Waals surface area contributed by atoms with E-state index in [1.54, 1.807) is 29.4 Å². The van der Waals surface area contributed by atoms with E-state index in [0.29, 0.717) is 17.4 Å². The van der Waals surface area contributed by atoms with Gasteiger partial charge >= 0.3 is 0 Å². The van der Waals surface area contributed by atoms with Crippen molar-refractivity contribution in [3.8, 4) is 5.69 Å². The fourth-order valence-electron chi connectivity index (χ4n) is 2.44. The summed E-state index contributed by atoms with van der Waals surface area (Å²) in [5.41, 5.74) is 1.44. The number of carbonyl (C=O) groups is 1. The molecule has 1 aromatic carbocycles. The highest BCUT2D eigenvalue weighted by atomic mass is 16.1. The molecular formula is C15H15N7O. The van der Waals surface area contributed by atoms with Crippen LogP contribution >= 0.6 is 0 Å². The minimum atomic E-state index is -0.210. The largest absolute Gasteiger partial charge is 0.300 e. The van der Waals surface area contributed by atoms with Crippen LogP contribution in [0, 0.1) is 0 Å². The van der Waals surface area contributed by atoms with Gasteiger partial charge in [-0.25, -0.2) is 0 Å². The van der Waals surface area contributed by atoms with Gasteiger partial charge in [-0.1, -0.05) is 0 Å². The standard InChI is InChI=1S/C15H15N7O/c1-21-13(10-2-3-10)19-20-15(21)18-14(23)11-4-6-12(7-5-11)22-8-16-17-9-22/h4-10H,2-3H2,1H3,(H,18,20,23). The van der Waals surface area contributed by atoms with Gasteiger partial charge in [0.25, 0.3) is 5.91 Å². The zero-order valence-electron chi connectivity index (χ0n) is 12.5. The van der Waals surface area contributed by atoms with Crippen LogP contribution < -0.4 is 5.32 Å². The maximum atomic E-state index is 12.3. The second-order valence-corrected chi connectivity index (χ2v) is 5.59. The summed E-state index contributed by atoms with van der Waals surface area (Å²) in [6, 6.07) is 7.18. The highest BCUT2D eigenvalue weighted by Crippen LogP contribution is 2.39. The Hall–Kier alpha value is -3.03. The molecule has 8 heteroatoms. The number of nitrogens with one attached hydrogen (secondary N) is 1. The molecule has 0 unspecified atom stereocenters. The molecule has 0 spiro atoms. The molecule has 1 N–H and O–H groups in total. The van der Waals surface area contributed by atoms with Crippen molar-refractivity contribution in [3.63, 3.8) is 0 Å². The number of aromatic nitrogens is 6. The van der Waals surface area contributed by atoms with Crippen LogP contribution in [0.1, 0.15) is 34.9 Å². The van der Waals surface area contributed by atoms with Gasteiger partial charge in [0.1, 0.15) is 18.5 Å². The van der Waals surface area contributed by atoms with Gasteiger partial charge in [-0.05, 0) is 37.1 Å². The Morgan fingerprint density at radius 2 is 1.83 bits per heavy atom. The monoisotopic (exact) mass is 309 g/mol. The van der Waals surface area contributed by atoms with E-state index in [1.807, 2.05) is 23.7 Å². The third-order valence-electron chi connectivity index (χ3n) is 3.92. The first-order valence-corrected chi connectivity index (χ1v) is 7.38. The molecule has 1 amide bonds.